The van der Waals surface area contributed by atoms with Gasteiger partial charge in [-0.3, -0.25) is 4.99 Å². The lowest BCUT2D eigenvalue weighted by Gasteiger charge is -2.39. The second-order valence-electron chi connectivity index (χ2n) is 8.54. The molecule has 168 valence electrons. The first-order valence-corrected chi connectivity index (χ1v) is 10.7. The summed E-state index contributed by atoms with van der Waals surface area (Å²) < 4.78 is 5.46. The highest BCUT2D eigenvalue weighted by atomic mass is 16.6. The number of rotatable bonds is 6. The Balaban J connectivity index is 1.93. The van der Waals surface area contributed by atoms with E-state index in [0.29, 0.717) is 6.54 Å². The molecule has 0 bridgehead atoms. The molecule has 2 heterocycles. The van der Waals surface area contributed by atoms with Crippen LogP contribution in [0.5, 0.6) is 0 Å². The molecule has 1 aromatic heterocycles. The molecule has 0 unspecified atom stereocenters. The van der Waals surface area contributed by atoms with Gasteiger partial charge in [0.1, 0.15) is 5.60 Å². The number of carbonyl (C=O) groups is 1. The molecule has 1 amide bonds. The SMILES string of the molecule is CCC(CC)(CNC(=NC)N1CCN(c2ncccn2)CC1)NC(=O)OC(C)(C)C. The molecule has 9 heteroatoms. The summed E-state index contributed by atoms with van der Waals surface area (Å²) in [6.45, 7) is 13.6. The predicted molar refractivity (Wildman–Crippen MR) is 120 cm³/mol. The Kier molecular flexibility index (Phi) is 8.25. The molecule has 0 aliphatic carbocycles. The van der Waals surface area contributed by atoms with Gasteiger partial charge in [0.2, 0.25) is 5.95 Å². The number of alkyl carbamates (subject to hydrolysis) is 1. The molecule has 1 saturated heterocycles. The van der Waals surface area contributed by atoms with E-state index in [1.165, 1.54) is 0 Å². The molecule has 1 fully saturated rings. The lowest BCUT2D eigenvalue weighted by molar-refractivity contribution is 0.0448. The Morgan fingerprint density at radius 1 is 1.13 bits per heavy atom. The van der Waals surface area contributed by atoms with E-state index in [2.05, 4.69) is 49.2 Å². The Hall–Kier alpha value is -2.58. The van der Waals surface area contributed by atoms with Crippen LogP contribution < -0.4 is 15.5 Å². The van der Waals surface area contributed by atoms with Gasteiger partial charge in [0, 0.05) is 52.2 Å². The number of piperazine rings is 1. The molecule has 1 aromatic rings. The fraction of sp³-hybridized carbons (Fsp3) is 0.714. The van der Waals surface area contributed by atoms with Crippen LogP contribution >= 0.6 is 0 Å². The maximum absolute atomic E-state index is 12.4. The van der Waals surface area contributed by atoms with Gasteiger partial charge in [0.15, 0.2) is 5.96 Å². The molecule has 2 rings (SSSR count). The van der Waals surface area contributed by atoms with Gasteiger partial charge in [-0.2, -0.15) is 0 Å². The third-order valence-corrected chi connectivity index (χ3v) is 5.33. The first kappa shape index (κ1) is 23.7. The van der Waals surface area contributed by atoms with Crippen LogP contribution in [0, 0.1) is 0 Å². The van der Waals surface area contributed by atoms with Crippen molar-refractivity contribution in [3.63, 3.8) is 0 Å². The summed E-state index contributed by atoms with van der Waals surface area (Å²) in [5.74, 6) is 1.60. The quantitative estimate of drug-likeness (QED) is 0.539. The lowest BCUT2D eigenvalue weighted by atomic mass is 9.93. The van der Waals surface area contributed by atoms with E-state index in [1.807, 2.05) is 26.8 Å². The lowest BCUT2D eigenvalue weighted by Crippen LogP contribution is -2.59. The number of nitrogens with one attached hydrogen (secondary N) is 2. The molecule has 30 heavy (non-hydrogen) atoms. The molecule has 0 spiro atoms. The van der Waals surface area contributed by atoms with Crippen LogP contribution in [0.2, 0.25) is 0 Å². The first-order valence-electron chi connectivity index (χ1n) is 10.7. The van der Waals surface area contributed by atoms with Gasteiger partial charge in [0.05, 0.1) is 5.54 Å². The molecular weight excluding hydrogens is 382 g/mol. The van der Waals surface area contributed by atoms with Gasteiger partial charge in [-0.1, -0.05) is 13.8 Å². The minimum absolute atomic E-state index is 0.389. The van der Waals surface area contributed by atoms with Gasteiger partial charge in [-0.15, -0.1) is 0 Å². The number of nitrogens with zero attached hydrogens (tertiary/aromatic N) is 5. The number of aromatic nitrogens is 2. The molecule has 0 atom stereocenters. The molecule has 1 aliphatic rings. The number of carbonyl (C=O) groups excluding carboxylic acids is 1. The number of hydrogen-bond acceptors (Lipinski definition) is 6. The van der Waals surface area contributed by atoms with Gasteiger partial charge < -0.3 is 25.2 Å². The van der Waals surface area contributed by atoms with E-state index in [1.54, 1.807) is 19.4 Å². The first-order chi connectivity index (χ1) is 14.2. The van der Waals surface area contributed by atoms with Gasteiger partial charge >= 0.3 is 6.09 Å². The van der Waals surface area contributed by atoms with Gasteiger partial charge in [-0.05, 0) is 39.7 Å². The predicted octanol–water partition coefficient (Wildman–Crippen LogP) is 2.26. The molecule has 0 aromatic carbocycles. The summed E-state index contributed by atoms with van der Waals surface area (Å²) in [6.07, 6.45) is 4.71. The Morgan fingerprint density at radius 2 is 1.73 bits per heavy atom. The van der Waals surface area contributed by atoms with E-state index in [-0.39, 0.29) is 6.09 Å². The largest absolute Gasteiger partial charge is 0.444 e. The number of ether oxygens (including phenoxy) is 1. The van der Waals surface area contributed by atoms with E-state index in [9.17, 15) is 4.79 Å². The number of guanidine groups is 1. The van der Waals surface area contributed by atoms with Crippen molar-refractivity contribution in [2.24, 2.45) is 4.99 Å². The van der Waals surface area contributed by atoms with Crippen molar-refractivity contribution in [2.75, 3.05) is 44.7 Å². The Morgan fingerprint density at radius 3 is 2.23 bits per heavy atom. The monoisotopic (exact) mass is 419 g/mol. The maximum Gasteiger partial charge on any atom is 0.408 e. The fourth-order valence-corrected chi connectivity index (χ4v) is 3.39. The fourth-order valence-electron chi connectivity index (χ4n) is 3.39. The van der Waals surface area contributed by atoms with Crippen LogP contribution in [0.1, 0.15) is 47.5 Å². The van der Waals surface area contributed by atoms with Crippen molar-refractivity contribution in [1.82, 2.24) is 25.5 Å². The Labute approximate surface area is 180 Å². The van der Waals surface area contributed by atoms with Crippen LogP contribution in [0.4, 0.5) is 10.7 Å². The summed E-state index contributed by atoms with van der Waals surface area (Å²) in [5, 5.41) is 6.54. The summed E-state index contributed by atoms with van der Waals surface area (Å²) in [7, 11) is 1.79. The topological polar surface area (TPSA) is 95.0 Å². The maximum atomic E-state index is 12.4. The second kappa shape index (κ2) is 10.4. The van der Waals surface area contributed by atoms with Crippen molar-refractivity contribution in [3.05, 3.63) is 18.5 Å². The minimum Gasteiger partial charge on any atom is -0.444 e. The number of amides is 1. The average Bonchev–Trinajstić information content (AvgIpc) is 2.73. The molecule has 0 radical (unpaired) electrons. The summed E-state index contributed by atoms with van der Waals surface area (Å²) in [6, 6.07) is 1.82. The van der Waals surface area contributed by atoms with Gasteiger partial charge in [0.25, 0.3) is 0 Å². The molecule has 1 aliphatic heterocycles. The zero-order valence-electron chi connectivity index (χ0n) is 19.2. The van der Waals surface area contributed by atoms with Crippen LogP contribution in [-0.2, 0) is 4.74 Å². The Bertz CT molecular complexity index is 691. The zero-order chi connectivity index (χ0) is 22.2. The van der Waals surface area contributed by atoms with Crippen molar-refractivity contribution in [3.8, 4) is 0 Å². The normalized spacial score (nSPS) is 15.7. The number of anilines is 1. The van der Waals surface area contributed by atoms with Crippen LogP contribution in [-0.4, -0.2) is 77.8 Å². The third-order valence-electron chi connectivity index (χ3n) is 5.33. The average molecular weight is 420 g/mol. The molecular formula is C21H37N7O2. The van der Waals surface area contributed by atoms with Crippen molar-refractivity contribution >= 4 is 18.0 Å². The zero-order valence-corrected chi connectivity index (χ0v) is 19.2. The molecule has 2 N–H and O–H groups in total. The standard InChI is InChI=1S/C21H37N7O2/c1-7-21(8-2,26-19(29)30-20(3,4)5)16-25-17(22-6)27-12-14-28(15-13-27)18-23-10-9-11-24-18/h9-11H,7-8,12-16H2,1-6H3,(H,22,25)(H,26,29). The third kappa shape index (κ3) is 6.74. The van der Waals surface area contributed by atoms with E-state index < -0.39 is 11.1 Å². The minimum atomic E-state index is -0.525. The number of aliphatic imine (C=N–C) groups is 1. The van der Waals surface area contributed by atoms with E-state index in [4.69, 9.17) is 4.74 Å². The van der Waals surface area contributed by atoms with Crippen LogP contribution in [0.25, 0.3) is 0 Å². The molecule has 9 nitrogen and oxygen atoms in total. The van der Waals surface area contributed by atoms with Crippen molar-refractivity contribution < 1.29 is 9.53 Å². The summed E-state index contributed by atoms with van der Waals surface area (Å²) in [5.41, 5.74) is -0.930. The smallest absolute Gasteiger partial charge is 0.408 e. The van der Waals surface area contributed by atoms with Gasteiger partial charge in [-0.25, -0.2) is 14.8 Å². The highest BCUT2D eigenvalue weighted by Gasteiger charge is 2.31. The number of hydrogen-bond donors (Lipinski definition) is 2. The van der Waals surface area contributed by atoms with E-state index >= 15 is 0 Å². The van der Waals surface area contributed by atoms with Crippen LogP contribution in [0.15, 0.2) is 23.5 Å². The van der Waals surface area contributed by atoms with Crippen LogP contribution in [0.3, 0.4) is 0 Å². The second-order valence-corrected chi connectivity index (χ2v) is 8.54. The highest BCUT2D eigenvalue weighted by Crippen LogP contribution is 2.17. The molecule has 0 saturated carbocycles. The van der Waals surface area contributed by atoms with E-state index in [0.717, 1.165) is 50.9 Å². The van der Waals surface area contributed by atoms with Crippen molar-refractivity contribution in [1.29, 1.82) is 0 Å². The summed E-state index contributed by atoms with van der Waals surface area (Å²) >= 11 is 0. The summed E-state index contributed by atoms with van der Waals surface area (Å²) in [4.78, 5) is 29.9. The van der Waals surface area contributed by atoms with Crippen molar-refractivity contribution in [2.45, 2.75) is 58.6 Å². The highest BCUT2D eigenvalue weighted by molar-refractivity contribution is 5.80.